The molecule has 0 aromatic carbocycles. The number of imidazole rings is 1. The van der Waals surface area contributed by atoms with Crippen LogP contribution in [0.5, 0.6) is 0 Å². The van der Waals surface area contributed by atoms with E-state index < -0.39 is 0 Å². The molecule has 0 spiro atoms. The van der Waals surface area contributed by atoms with Crippen LogP contribution < -0.4 is 11.1 Å². The lowest BCUT2D eigenvalue weighted by atomic mass is 9.94. The minimum atomic E-state index is 0.0501. The summed E-state index contributed by atoms with van der Waals surface area (Å²) in [5, 5.41) is 2.89. The van der Waals surface area contributed by atoms with Gasteiger partial charge in [-0.25, -0.2) is 4.98 Å². The Labute approximate surface area is 109 Å². The van der Waals surface area contributed by atoms with Gasteiger partial charge in [0.15, 0.2) is 0 Å². The van der Waals surface area contributed by atoms with Crippen molar-refractivity contribution in [1.29, 1.82) is 0 Å². The van der Waals surface area contributed by atoms with Gasteiger partial charge in [0.1, 0.15) is 5.82 Å². The van der Waals surface area contributed by atoms with Gasteiger partial charge < -0.3 is 15.6 Å². The molecule has 1 amide bonds. The lowest BCUT2D eigenvalue weighted by molar-refractivity contribution is -0.122. The van der Waals surface area contributed by atoms with E-state index in [1.807, 2.05) is 17.8 Å². The number of nitrogens with one attached hydrogen (secondary N) is 1. The van der Waals surface area contributed by atoms with Crippen LogP contribution in [0, 0.1) is 11.8 Å². The zero-order valence-corrected chi connectivity index (χ0v) is 11.5. The fourth-order valence-corrected chi connectivity index (χ4v) is 2.01. The molecule has 0 radical (unpaired) electrons. The molecule has 0 fully saturated rings. The summed E-state index contributed by atoms with van der Waals surface area (Å²) < 4.78 is 1.90. The van der Waals surface area contributed by atoms with Crippen molar-refractivity contribution in [2.75, 3.05) is 6.54 Å². The summed E-state index contributed by atoms with van der Waals surface area (Å²) in [5.74, 6) is 1.75. The first-order valence-electron chi connectivity index (χ1n) is 6.45. The molecule has 1 rings (SSSR count). The molecule has 0 saturated heterocycles. The highest BCUT2D eigenvalue weighted by atomic mass is 16.1. The van der Waals surface area contributed by atoms with Crippen molar-refractivity contribution < 1.29 is 4.79 Å². The van der Waals surface area contributed by atoms with E-state index in [-0.39, 0.29) is 11.8 Å². The Morgan fingerprint density at radius 2 is 2.28 bits per heavy atom. The van der Waals surface area contributed by atoms with E-state index in [2.05, 4.69) is 24.1 Å². The largest absolute Gasteiger partial charge is 0.349 e. The van der Waals surface area contributed by atoms with Crippen LogP contribution in [0.25, 0.3) is 0 Å². The van der Waals surface area contributed by atoms with Crippen molar-refractivity contribution in [1.82, 2.24) is 14.9 Å². The maximum absolute atomic E-state index is 11.8. The molecule has 0 unspecified atom stereocenters. The molecular formula is C13H24N4O. The minimum Gasteiger partial charge on any atom is -0.349 e. The van der Waals surface area contributed by atoms with Gasteiger partial charge in [-0.3, -0.25) is 4.79 Å². The van der Waals surface area contributed by atoms with Gasteiger partial charge in [0.05, 0.1) is 6.54 Å². The van der Waals surface area contributed by atoms with E-state index in [9.17, 15) is 4.79 Å². The Kier molecular flexibility index (Phi) is 5.85. The number of nitrogens with zero attached hydrogens (tertiary/aromatic N) is 2. The number of hydrogen-bond acceptors (Lipinski definition) is 3. The van der Waals surface area contributed by atoms with Crippen LogP contribution in [0.3, 0.4) is 0 Å². The third-order valence-corrected chi connectivity index (χ3v) is 2.98. The summed E-state index contributed by atoms with van der Waals surface area (Å²) in [5.41, 5.74) is 5.69. The molecule has 1 aromatic rings. The highest BCUT2D eigenvalue weighted by Gasteiger charge is 2.14. The fraction of sp³-hybridized carbons (Fsp3) is 0.692. The Hall–Kier alpha value is -1.36. The van der Waals surface area contributed by atoms with Crippen LogP contribution in [0.1, 0.15) is 32.5 Å². The number of amides is 1. The maximum atomic E-state index is 11.8. The average molecular weight is 252 g/mol. The zero-order chi connectivity index (χ0) is 13.5. The van der Waals surface area contributed by atoms with Crippen LogP contribution >= 0.6 is 0 Å². The number of nitrogens with two attached hydrogens (primary N) is 1. The number of hydrogen-bond donors (Lipinski definition) is 2. The topological polar surface area (TPSA) is 72.9 Å². The lowest BCUT2D eigenvalue weighted by Crippen LogP contribution is -2.29. The van der Waals surface area contributed by atoms with E-state index in [0.717, 1.165) is 12.2 Å². The van der Waals surface area contributed by atoms with Crippen molar-refractivity contribution >= 4 is 5.91 Å². The number of carbonyl (C=O) groups is 1. The SMILES string of the molecule is CC(C)C[C@H](CN)CC(=O)NCc1nccn1C. The Morgan fingerprint density at radius 3 is 2.78 bits per heavy atom. The van der Waals surface area contributed by atoms with E-state index in [1.54, 1.807) is 6.20 Å². The van der Waals surface area contributed by atoms with E-state index in [4.69, 9.17) is 5.73 Å². The van der Waals surface area contributed by atoms with Crippen molar-refractivity contribution in [3.63, 3.8) is 0 Å². The lowest BCUT2D eigenvalue weighted by Gasteiger charge is -2.16. The summed E-state index contributed by atoms with van der Waals surface area (Å²) in [4.78, 5) is 16.0. The van der Waals surface area contributed by atoms with Crippen LogP contribution in [0.4, 0.5) is 0 Å². The number of carbonyl (C=O) groups excluding carboxylic acids is 1. The summed E-state index contributed by atoms with van der Waals surface area (Å²) in [6.45, 7) is 5.33. The second-order valence-corrected chi connectivity index (χ2v) is 5.17. The quantitative estimate of drug-likeness (QED) is 0.761. The summed E-state index contributed by atoms with van der Waals surface area (Å²) in [7, 11) is 1.91. The molecule has 0 aliphatic rings. The van der Waals surface area contributed by atoms with Gasteiger partial charge in [-0.2, -0.15) is 0 Å². The van der Waals surface area contributed by atoms with Crippen LogP contribution in [-0.4, -0.2) is 22.0 Å². The Balaban J connectivity index is 2.34. The first kappa shape index (κ1) is 14.7. The number of aryl methyl sites for hydroxylation is 1. The van der Waals surface area contributed by atoms with Gasteiger partial charge >= 0.3 is 0 Å². The molecule has 18 heavy (non-hydrogen) atoms. The molecule has 1 heterocycles. The molecule has 0 aliphatic carbocycles. The summed E-state index contributed by atoms with van der Waals surface area (Å²) >= 11 is 0. The number of aromatic nitrogens is 2. The molecule has 5 heteroatoms. The smallest absolute Gasteiger partial charge is 0.220 e. The van der Waals surface area contributed by atoms with Crippen molar-refractivity contribution in [3.05, 3.63) is 18.2 Å². The minimum absolute atomic E-state index is 0.0501. The molecule has 0 saturated carbocycles. The van der Waals surface area contributed by atoms with Gasteiger partial charge in [0.25, 0.3) is 0 Å². The van der Waals surface area contributed by atoms with Crippen molar-refractivity contribution in [2.24, 2.45) is 24.6 Å². The molecule has 102 valence electrons. The standard InChI is InChI=1S/C13H24N4O/c1-10(2)6-11(8-14)7-13(18)16-9-12-15-4-5-17(12)3/h4-5,10-11H,6-9,14H2,1-3H3,(H,16,18)/t11-/m0/s1. The highest BCUT2D eigenvalue weighted by Crippen LogP contribution is 2.14. The van der Waals surface area contributed by atoms with E-state index in [1.165, 1.54) is 0 Å². The first-order valence-corrected chi connectivity index (χ1v) is 6.45. The van der Waals surface area contributed by atoms with Crippen molar-refractivity contribution in [2.45, 2.75) is 33.2 Å². The van der Waals surface area contributed by atoms with Gasteiger partial charge in [0, 0.05) is 25.9 Å². The molecule has 3 N–H and O–H groups in total. The molecule has 0 bridgehead atoms. The fourth-order valence-electron chi connectivity index (χ4n) is 2.01. The highest BCUT2D eigenvalue weighted by molar-refractivity contribution is 5.76. The van der Waals surface area contributed by atoms with Gasteiger partial charge in [0.2, 0.25) is 5.91 Å². The van der Waals surface area contributed by atoms with Crippen LogP contribution in [0.2, 0.25) is 0 Å². The molecule has 0 aliphatic heterocycles. The van der Waals surface area contributed by atoms with E-state index in [0.29, 0.717) is 25.4 Å². The predicted octanol–water partition coefficient (Wildman–Crippen LogP) is 1.05. The van der Waals surface area contributed by atoms with Gasteiger partial charge in [-0.1, -0.05) is 13.8 Å². The summed E-state index contributed by atoms with van der Waals surface area (Å²) in [6, 6.07) is 0. The number of rotatable bonds is 7. The summed E-state index contributed by atoms with van der Waals surface area (Å²) in [6.07, 6.45) is 5.08. The molecule has 5 nitrogen and oxygen atoms in total. The third kappa shape index (κ3) is 4.87. The molecule has 1 aromatic heterocycles. The second kappa shape index (κ2) is 7.16. The second-order valence-electron chi connectivity index (χ2n) is 5.17. The Morgan fingerprint density at radius 1 is 1.56 bits per heavy atom. The van der Waals surface area contributed by atoms with Crippen LogP contribution in [-0.2, 0) is 18.4 Å². The monoisotopic (exact) mass is 252 g/mol. The molecular weight excluding hydrogens is 228 g/mol. The maximum Gasteiger partial charge on any atom is 0.220 e. The van der Waals surface area contributed by atoms with E-state index >= 15 is 0 Å². The Bertz CT molecular complexity index is 373. The normalized spacial score (nSPS) is 12.7. The van der Waals surface area contributed by atoms with Crippen LogP contribution in [0.15, 0.2) is 12.4 Å². The zero-order valence-electron chi connectivity index (χ0n) is 11.5. The first-order chi connectivity index (χ1) is 8.52. The third-order valence-electron chi connectivity index (χ3n) is 2.98. The average Bonchev–Trinajstić information content (AvgIpc) is 2.70. The van der Waals surface area contributed by atoms with Gasteiger partial charge in [-0.15, -0.1) is 0 Å². The van der Waals surface area contributed by atoms with Gasteiger partial charge in [-0.05, 0) is 24.8 Å². The molecule has 1 atom stereocenters. The predicted molar refractivity (Wildman–Crippen MR) is 71.7 cm³/mol. The van der Waals surface area contributed by atoms with Crippen molar-refractivity contribution in [3.8, 4) is 0 Å².